The summed E-state index contributed by atoms with van der Waals surface area (Å²) >= 11 is 0. The molecule has 0 spiro atoms. The minimum atomic E-state index is -1.10. The fourth-order valence-electron chi connectivity index (χ4n) is 2.62. The summed E-state index contributed by atoms with van der Waals surface area (Å²) in [5, 5.41) is 20.3. The predicted molar refractivity (Wildman–Crippen MR) is 76.6 cm³/mol. The predicted octanol–water partition coefficient (Wildman–Crippen LogP) is 1.45. The molecule has 1 saturated carbocycles. The number of nitrogens with one attached hydrogen (secondary N) is 1. The van der Waals surface area contributed by atoms with Gasteiger partial charge in [-0.05, 0) is 17.5 Å². The van der Waals surface area contributed by atoms with Crippen molar-refractivity contribution in [2.24, 2.45) is 17.3 Å². The SMILES string of the molecule is CC1(C)C(C(=O)O)C1C(=O)Nc1cccc(OCC(=O)O)c1. The average Bonchev–Trinajstić information content (AvgIpc) is 3.00. The van der Waals surface area contributed by atoms with E-state index in [0.29, 0.717) is 11.4 Å². The van der Waals surface area contributed by atoms with E-state index in [1.165, 1.54) is 6.07 Å². The van der Waals surface area contributed by atoms with Crippen LogP contribution in [-0.4, -0.2) is 34.7 Å². The molecule has 0 radical (unpaired) electrons. The highest BCUT2D eigenvalue weighted by Gasteiger charge is 2.65. The van der Waals surface area contributed by atoms with Crippen LogP contribution in [0.5, 0.6) is 5.75 Å². The first-order valence-corrected chi connectivity index (χ1v) is 6.72. The van der Waals surface area contributed by atoms with Crippen LogP contribution in [0.3, 0.4) is 0 Å². The van der Waals surface area contributed by atoms with Crippen molar-refractivity contribution in [3.63, 3.8) is 0 Å². The average molecular weight is 307 g/mol. The van der Waals surface area contributed by atoms with E-state index in [1.807, 2.05) is 0 Å². The zero-order chi connectivity index (χ0) is 16.5. The second kappa shape index (κ2) is 5.67. The zero-order valence-electron chi connectivity index (χ0n) is 12.2. The number of carboxylic acids is 2. The van der Waals surface area contributed by atoms with E-state index < -0.39 is 35.8 Å². The van der Waals surface area contributed by atoms with Gasteiger partial charge in [0.05, 0.1) is 11.8 Å². The van der Waals surface area contributed by atoms with Gasteiger partial charge in [-0.25, -0.2) is 4.79 Å². The van der Waals surface area contributed by atoms with E-state index in [9.17, 15) is 14.4 Å². The Morgan fingerprint density at radius 1 is 1.23 bits per heavy atom. The first-order valence-electron chi connectivity index (χ1n) is 6.72. The molecule has 2 unspecified atom stereocenters. The minimum Gasteiger partial charge on any atom is -0.482 e. The molecule has 1 aromatic rings. The fraction of sp³-hybridized carbons (Fsp3) is 0.400. The molecule has 2 rings (SSSR count). The van der Waals surface area contributed by atoms with Gasteiger partial charge in [0.2, 0.25) is 5.91 Å². The molecular formula is C15H17NO6. The Bertz CT molecular complexity index is 624. The second-order valence-electron chi connectivity index (χ2n) is 5.81. The number of ether oxygens (including phenoxy) is 1. The van der Waals surface area contributed by atoms with Gasteiger partial charge in [-0.1, -0.05) is 19.9 Å². The number of carboxylic acid groups (broad SMARTS) is 2. The van der Waals surface area contributed by atoms with E-state index in [4.69, 9.17) is 14.9 Å². The van der Waals surface area contributed by atoms with E-state index in [-0.39, 0.29) is 5.91 Å². The Hall–Kier alpha value is -2.57. The first-order chi connectivity index (χ1) is 10.2. The van der Waals surface area contributed by atoms with Gasteiger partial charge in [-0.15, -0.1) is 0 Å². The van der Waals surface area contributed by atoms with Crippen LogP contribution in [0.1, 0.15) is 13.8 Å². The first kappa shape index (κ1) is 15.8. The number of amides is 1. The lowest BCUT2D eigenvalue weighted by molar-refractivity contribution is -0.140. The highest BCUT2D eigenvalue weighted by molar-refractivity contribution is 5.99. The smallest absolute Gasteiger partial charge is 0.341 e. The van der Waals surface area contributed by atoms with Gasteiger partial charge in [0.1, 0.15) is 5.75 Å². The van der Waals surface area contributed by atoms with Crippen molar-refractivity contribution >= 4 is 23.5 Å². The molecule has 7 nitrogen and oxygen atoms in total. The lowest BCUT2D eigenvalue weighted by atomic mass is 10.1. The quantitative estimate of drug-likeness (QED) is 0.733. The Morgan fingerprint density at radius 2 is 1.91 bits per heavy atom. The molecule has 1 aliphatic carbocycles. The summed E-state index contributed by atoms with van der Waals surface area (Å²) in [5.74, 6) is -3.42. The topological polar surface area (TPSA) is 113 Å². The second-order valence-corrected chi connectivity index (χ2v) is 5.81. The van der Waals surface area contributed by atoms with E-state index in [0.717, 1.165) is 0 Å². The summed E-state index contributed by atoms with van der Waals surface area (Å²) in [7, 11) is 0. The number of carbonyl (C=O) groups is 3. The van der Waals surface area contributed by atoms with Crippen LogP contribution in [0, 0.1) is 17.3 Å². The third-order valence-electron chi connectivity index (χ3n) is 3.84. The molecule has 1 fully saturated rings. The summed E-state index contributed by atoms with van der Waals surface area (Å²) in [5.41, 5.74) is -0.146. The van der Waals surface area contributed by atoms with Crippen molar-refractivity contribution in [1.29, 1.82) is 0 Å². The van der Waals surface area contributed by atoms with Crippen LogP contribution < -0.4 is 10.1 Å². The highest BCUT2D eigenvalue weighted by atomic mass is 16.5. The van der Waals surface area contributed by atoms with Crippen LogP contribution in [0.4, 0.5) is 5.69 Å². The fourth-order valence-corrected chi connectivity index (χ4v) is 2.62. The maximum absolute atomic E-state index is 12.2. The largest absolute Gasteiger partial charge is 0.482 e. The molecule has 0 bridgehead atoms. The molecule has 1 aromatic carbocycles. The van der Waals surface area contributed by atoms with Gasteiger partial charge in [0, 0.05) is 11.8 Å². The molecule has 7 heteroatoms. The molecule has 1 aliphatic rings. The van der Waals surface area contributed by atoms with Gasteiger partial charge >= 0.3 is 11.9 Å². The van der Waals surface area contributed by atoms with Crippen LogP contribution in [0.15, 0.2) is 24.3 Å². The van der Waals surface area contributed by atoms with Gasteiger partial charge < -0.3 is 20.3 Å². The Balaban J connectivity index is 2.02. The number of benzene rings is 1. The molecule has 0 aliphatic heterocycles. The van der Waals surface area contributed by atoms with Gasteiger partial charge in [0.15, 0.2) is 6.61 Å². The van der Waals surface area contributed by atoms with Gasteiger partial charge in [0.25, 0.3) is 0 Å². The van der Waals surface area contributed by atoms with Gasteiger partial charge in [-0.3, -0.25) is 9.59 Å². The van der Waals surface area contributed by atoms with Crippen LogP contribution in [-0.2, 0) is 14.4 Å². The van der Waals surface area contributed by atoms with Crippen molar-refractivity contribution in [3.8, 4) is 5.75 Å². The molecule has 0 aromatic heterocycles. The summed E-state index contributed by atoms with van der Waals surface area (Å²) in [6.07, 6.45) is 0. The third-order valence-corrected chi connectivity index (χ3v) is 3.84. The Kier molecular flexibility index (Phi) is 4.07. The molecule has 1 amide bonds. The summed E-state index contributed by atoms with van der Waals surface area (Å²) in [6, 6.07) is 6.29. The molecule has 118 valence electrons. The van der Waals surface area contributed by atoms with Crippen molar-refractivity contribution in [2.75, 3.05) is 11.9 Å². The highest BCUT2D eigenvalue weighted by Crippen LogP contribution is 2.58. The van der Waals surface area contributed by atoms with Crippen molar-refractivity contribution in [2.45, 2.75) is 13.8 Å². The summed E-state index contributed by atoms with van der Waals surface area (Å²) in [6.45, 7) is 3.00. The van der Waals surface area contributed by atoms with E-state index >= 15 is 0 Å². The maximum atomic E-state index is 12.2. The standard InChI is InChI=1S/C15H17NO6/c1-15(2)11(12(15)14(20)21)13(19)16-8-4-3-5-9(6-8)22-7-10(17)18/h3-6,11-12H,7H2,1-2H3,(H,16,19)(H,17,18)(H,20,21). The number of anilines is 1. The molecule has 2 atom stereocenters. The van der Waals surface area contributed by atoms with Crippen molar-refractivity contribution < 1.29 is 29.3 Å². The lowest BCUT2D eigenvalue weighted by Crippen LogP contribution is -2.17. The maximum Gasteiger partial charge on any atom is 0.341 e. The molecule has 22 heavy (non-hydrogen) atoms. The molecule has 0 heterocycles. The third kappa shape index (κ3) is 3.19. The summed E-state index contributed by atoms with van der Waals surface area (Å²) < 4.78 is 5.02. The molecule has 3 N–H and O–H groups in total. The monoisotopic (exact) mass is 307 g/mol. The minimum absolute atomic E-state index is 0.310. The number of hydrogen-bond acceptors (Lipinski definition) is 4. The molecular weight excluding hydrogens is 290 g/mol. The van der Waals surface area contributed by atoms with Crippen molar-refractivity contribution in [1.82, 2.24) is 0 Å². The zero-order valence-corrected chi connectivity index (χ0v) is 12.2. The lowest BCUT2D eigenvalue weighted by Gasteiger charge is -2.08. The Labute approximate surface area is 126 Å². The van der Waals surface area contributed by atoms with Crippen molar-refractivity contribution in [3.05, 3.63) is 24.3 Å². The number of rotatable bonds is 6. The van der Waals surface area contributed by atoms with Crippen LogP contribution in [0.25, 0.3) is 0 Å². The summed E-state index contributed by atoms with van der Waals surface area (Å²) in [4.78, 5) is 33.7. The Morgan fingerprint density at radius 3 is 2.45 bits per heavy atom. The normalized spacial score (nSPS) is 21.7. The van der Waals surface area contributed by atoms with E-state index in [1.54, 1.807) is 32.0 Å². The van der Waals surface area contributed by atoms with E-state index in [2.05, 4.69) is 5.32 Å². The number of carbonyl (C=O) groups excluding carboxylic acids is 1. The molecule has 0 saturated heterocycles. The van der Waals surface area contributed by atoms with Crippen LogP contribution >= 0.6 is 0 Å². The van der Waals surface area contributed by atoms with Crippen LogP contribution in [0.2, 0.25) is 0 Å². The number of hydrogen-bond donors (Lipinski definition) is 3. The number of aliphatic carboxylic acids is 2. The van der Waals surface area contributed by atoms with Gasteiger partial charge in [-0.2, -0.15) is 0 Å².